The van der Waals surface area contributed by atoms with Crippen LogP contribution in [-0.4, -0.2) is 26.7 Å². The van der Waals surface area contributed by atoms with Crippen LogP contribution in [0.25, 0.3) is 0 Å². The van der Waals surface area contributed by atoms with Gasteiger partial charge in [-0.05, 0) is 12.5 Å². The highest BCUT2D eigenvalue weighted by Crippen LogP contribution is 2.46. The fraction of sp³-hybridized carbons (Fsp3) is 0.381. The first kappa shape index (κ1) is 18.1. The number of methoxy groups -OCH3 is 2. The number of para-hydroxylation sites is 1. The van der Waals surface area contributed by atoms with Gasteiger partial charge >= 0.3 is 0 Å². The zero-order chi connectivity index (χ0) is 18.5. The summed E-state index contributed by atoms with van der Waals surface area (Å²) in [5, 5.41) is 2.94. The predicted octanol–water partition coefficient (Wildman–Crippen LogP) is 4.36. The fourth-order valence-electron chi connectivity index (χ4n) is 3.33. The smallest absolute Gasteiger partial charge is 0.225 e. The Labute approximate surface area is 154 Å². The predicted molar refractivity (Wildman–Crippen MR) is 101 cm³/mol. The number of carbonyl (C=O) groups is 1. The van der Waals surface area contributed by atoms with Crippen molar-refractivity contribution in [2.24, 2.45) is 0 Å². The van der Waals surface area contributed by atoms with Crippen LogP contribution in [0, 0.1) is 0 Å². The lowest BCUT2D eigenvalue weighted by Crippen LogP contribution is -2.24. The maximum Gasteiger partial charge on any atom is 0.225 e. The molecule has 0 saturated carbocycles. The lowest BCUT2D eigenvalue weighted by molar-refractivity contribution is -0.116. The first-order valence-corrected chi connectivity index (χ1v) is 8.95. The molecule has 2 aromatic rings. The molecule has 1 atom stereocenters. The average Bonchev–Trinajstić information content (AvgIpc) is 2.66. The van der Waals surface area contributed by atoms with E-state index in [2.05, 4.69) is 12.2 Å². The minimum atomic E-state index is -0.127. The number of benzene rings is 2. The monoisotopic (exact) mass is 355 g/mol. The van der Waals surface area contributed by atoms with E-state index in [1.54, 1.807) is 14.2 Å². The first-order chi connectivity index (χ1) is 12.7. The van der Waals surface area contributed by atoms with Gasteiger partial charge in [0.25, 0.3) is 0 Å². The molecule has 0 fully saturated rings. The Bertz CT molecular complexity index is 788. The van der Waals surface area contributed by atoms with Gasteiger partial charge in [-0.3, -0.25) is 4.79 Å². The maximum absolute atomic E-state index is 12.3. The number of ether oxygens (including phenoxy) is 3. The van der Waals surface area contributed by atoms with E-state index in [0.29, 0.717) is 24.5 Å². The Morgan fingerprint density at radius 1 is 1.12 bits per heavy atom. The van der Waals surface area contributed by atoms with E-state index in [0.717, 1.165) is 35.4 Å². The SMILES string of the molecule is CCCCOc1ccccc1C1CC(=O)Nc2cc(OC)cc(OC)c21. The molecule has 1 unspecified atom stereocenters. The minimum Gasteiger partial charge on any atom is -0.497 e. The van der Waals surface area contributed by atoms with Gasteiger partial charge in [0.15, 0.2) is 0 Å². The van der Waals surface area contributed by atoms with Crippen molar-refractivity contribution in [3.8, 4) is 17.2 Å². The molecule has 0 bridgehead atoms. The minimum absolute atomic E-state index is 0.0267. The van der Waals surface area contributed by atoms with Crippen molar-refractivity contribution in [3.63, 3.8) is 0 Å². The van der Waals surface area contributed by atoms with E-state index in [1.807, 2.05) is 36.4 Å². The third kappa shape index (κ3) is 3.62. The highest BCUT2D eigenvalue weighted by Gasteiger charge is 2.32. The van der Waals surface area contributed by atoms with Gasteiger partial charge in [0.05, 0.1) is 26.5 Å². The number of anilines is 1. The van der Waals surface area contributed by atoms with Gasteiger partial charge in [0.1, 0.15) is 17.2 Å². The zero-order valence-electron chi connectivity index (χ0n) is 15.5. The Morgan fingerprint density at radius 2 is 1.92 bits per heavy atom. The number of rotatable bonds is 7. The van der Waals surface area contributed by atoms with Crippen molar-refractivity contribution in [2.45, 2.75) is 32.1 Å². The topological polar surface area (TPSA) is 56.8 Å². The van der Waals surface area contributed by atoms with Crippen LogP contribution in [0.2, 0.25) is 0 Å². The molecule has 0 aromatic heterocycles. The molecular weight excluding hydrogens is 330 g/mol. The highest BCUT2D eigenvalue weighted by molar-refractivity contribution is 5.96. The fourth-order valence-corrected chi connectivity index (χ4v) is 3.33. The normalized spacial score (nSPS) is 15.8. The van der Waals surface area contributed by atoms with Crippen LogP contribution < -0.4 is 19.5 Å². The lowest BCUT2D eigenvalue weighted by Gasteiger charge is -2.29. The van der Waals surface area contributed by atoms with E-state index in [-0.39, 0.29) is 11.8 Å². The maximum atomic E-state index is 12.3. The lowest BCUT2D eigenvalue weighted by atomic mass is 9.83. The van der Waals surface area contributed by atoms with Crippen LogP contribution in [0.3, 0.4) is 0 Å². The molecule has 0 radical (unpaired) electrons. The molecule has 1 aliphatic heterocycles. The number of hydrogen-bond donors (Lipinski definition) is 1. The van der Waals surface area contributed by atoms with Crippen LogP contribution in [-0.2, 0) is 4.79 Å². The van der Waals surface area contributed by atoms with Crippen molar-refractivity contribution in [3.05, 3.63) is 47.5 Å². The zero-order valence-corrected chi connectivity index (χ0v) is 15.5. The summed E-state index contributed by atoms with van der Waals surface area (Å²) in [6.45, 7) is 2.80. The number of hydrogen-bond acceptors (Lipinski definition) is 4. The highest BCUT2D eigenvalue weighted by atomic mass is 16.5. The van der Waals surface area contributed by atoms with Crippen molar-refractivity contribution in [2.75, 3.05) is 26.1 Å². The first-order valence-electron chi connectivity index (χ1n) is 8.95. The van der Waals surface area contributed by atoms with E-state index in [9.17, 15) is 4.79 Å². The molecular formula is C21H25NO4. The number of fused-ring (bicyclic) bond motifs is 1. The molecule has 26 heavy (non-hydrogen) atoms. The third-order valence-corrected chi connectivity index (χ3v) is 4.63. The summed E-state index contributed by atoms with van der Waals surface area (Å²) >= 11 is 0. The van der Waals surface area contributed by atoms with Crippen molar-refractivity contribution >= 4 is 11.6 Å². The Balaban J connectivity index is 2.07. The van der Waals surface area contributed by atoms with Gasteiger partial charge in [-0.1, -0.05) is 31.5 Å². The molecule has 1 amide bonds. The molecule has 0 spiro atoms. The Kier molecular flexibility index (Phi) is 5.66. The van der Waals surface area contributed by atoms with Gasteiger partial charge in [0, 0.05) is 35.6 Å². The van der Waals surface area contributed by atoms with E-state index < -0.39 is 0 Å². The van der Waals surface area contributed by atoms with Gasteiger partial charge in [-0.2, -0.15) is 0 Å². The molecule has 1 aliphatic rings. The molecule has 138 valence electrons. The molecule has 5 heteroatoms. The van der Waals surface area contributed by atoms with Crippen molar-refractivity contribution < 1.29 is 19.0 Å². The summed E-state index contributed by atoms with van der Waals surface area (Å²) in [6.07, 6.45) is 2.42. The van der Waals surface area contributed by atoms with Gasteiger partial charge in [-0.25, -0.2) is 0 Å². The summed E-state index contributed by atoms with van der Waals surface area (Å²) in [4.78, 5) is 12.3. The standard InChI is InChI=1S/C21H25NO4/c1-4-5-10-26-18-9-7-6-8-15(18)16-13-20(23)22-17-11-14(24-2)12-19(25-3)21(16)17/h6-9,11-12,16H,4-5,10,13H2,1-3H3,(H,22,23). The quantitative estimate of drug-likeness (QED) is 0.750. The largest absolute Gasteiger partial charge is 0.497 e. The average molecular weight is 355 g/mol. The van der Waals surface area contributed by atoms with E-state index in [4.69, 9.17) is 14.2 Å². The number of carbonyl (C=O) groups excluding carboxylic acids is 1. The number of unbranched alkanes of at least 4 members (excludes halogenated alkanes) is 1. The molecule has 0 saturated heterocycles. The number of amides is 1. The van der Waals surface area contributed by atoms with Crippen LogP contribution in [0.15, 0.2) is 36.4 Å². The number of nitrogens with one attached hydrogen (secondary N) is 1. The van der Waals surface area contributed by atoms with E-state index in [1.165, 1.54) is 0 Å². The Hall–Kier alpha value is -2.69. The second-order valence-electron chi connectivity index (χ2n) is 6.34. The molecule has 0 aliphatic carbocycles. The van der Waals surface area contributed by atoms with Gasteiger partial charge in [-0.15, -0.1) is 0 Å². The summed E-state index contributed by atoms with van der Waals surface area (Å²) in [5.74, 6) is 2.02. The summed E-state index contributed by atoms with van der Waals surface area (Å²) in [7, 11) is 3.23. The van der Waals surface area contributed by atoms with Crippen LogP contribution >= 0.6 is 0 Å². The molecule has 5 nitrogen and oxygen atoms in total. The third-order valence-electron chi connectivity index (χ3n) is 4.63. The van der Waals surface area contributed by atoms with Crippen molar-refractivity contribution in [1.29, 1.82) is 0 Å². The molecule has 1 N–H and O–H groups in total. The van der Waals surface area contributed by atoms with E-state index >= 15 is 0 Å². The Morgan fingerprint density at radius 3 is 2.65 bits per heavy atom. The second kappa shape index (κ2) is 8.13. The summed E-state index contributed by atoms with van der Waals surface area (Å²) < 4.78 is 16.9. The van der Waals surface area contributed by atoms with Crippen molar-refractivity contribution in [1.82, 2.24) is 0 Å². The summed E-state index contributed by atoms with van der Waals surface area (Å²) in [6, 6.07) is 11.6. The van der Waals surface area contributed by atoms with Gasteiger partial charge in [0.2, 0.25) is 5.91 Å². The van der Waals surface area contributed by atoms with Gasteiger partial charge < -0.3 is 19.5 Å². The second-order valence-corrected chi connectivity index (χ2v) is 6.34. The molecule has 1 heterocycles. The molecule has 3 rings (SSSR count). The van der Waals surface area contributed by atoms with Crippen LogP contribution in [0.5, 0.6) is 17.2 Å². The van der Waals surface area contributed by atoms with Crippen LogP contribution in [0.1, 0.15) is 43.2 Å². The summed E-state index contributed by atoms with van der Waals surface area (Å²) in [5.41, 5.74) is 2.69. The van der Waals surface area contributed by atoms with Crippen LogP contribution in [0.4, 0.5) is 5.69 Å². The molecule has 2 aromatic carbocycles.